The van der Waals surface area contributed by atoms with E-state index in [-0.39, 0.29) is 11.9 Å². The quantitative estimate of drug-likeness (QED) is 0.524. The van der Waals surface area contributed by atoms with Gasteiger partial charge < -0.3 is 5.32 Å². The van der Waals surface area contributed by atoms with Gasteiger partial charge in [-0.25, -0.2) is 4.98 Å². The van der Waals surface area contributed by atoms with Crippen LogP contribution >= 0.6 is 22.9 Å². The number of nitrogens with one attached hydrogen (secondary N) is 1. The first-order chi connectivity index (χ1) is 13.5. The molecule has 28 heavy (non-hydrogen) atoms. The van der Waals surface area contributed by atoms with Crippen LogP contribution in [-0.2, 0) is 17.8 Å². The number of rotatable bonds is 7. The minimum Gasteiger partial charge on any atom is -0.304 e. The molecule has 4 nitrogen and oxygen atoms in total. The minimum absolute atomic E-state index is 0.0424. The number of halogens is 1. The van der Waals surface area contributed by atoms with Gasteiger partial charge in [-0.3, -0.25) is 9.69 Å². The molecule has 6 heteroatoms. The Morgan fingerprint density at radius 3 is 2.64 bits per heavy atom. The van der Waals surface area contributed by atoms with Gasteiger partial charge in [0.2, 0.25) is 5.91 Å². The van der Waals surface area contributed by atoms with Gasteiger partial charge in [0.1, 0.15) is 0 Å². The molecule has 0 aliphatic heterocycles. The van der Waals surface area contributed by atoms with Crippen LogP contribution in [0.25, 0.3) is 0 Å². The standard InChI is InChI=1S/C22H24ClN3OS/c1-4-17-9-5-8-12-21(17)26(16(3)27)22-25-18(14-28-22)13-24-15(2)19-10-6-7-11-20(19)23/h5-12,14-15,24H,4,13H2,1-3H3. The fourth-order valence-electron chi connectivity index (χ4n) is 3.11. The maximum absolute atomic E-state index is 12.4. The van der Waals surface area contributed by atoms with E-state index >= 15 is 0 Å². The Balaban J connectivity index is 1.76. The number of aromatic nitrogens is 1. The van der Waals surface area contributed by atoms with Crippen molar-refractivity contribution in [2.45, 2.75) is 39.8 Å². The summed E-state index contributed by atoms with van der Waals surface area (Å²) in [5, 5.41) is 6.89. The fraction of sp³-hybridized carbons (Fsp3) is 0.273. The Labute approximate surface area is 175 Å². The van der Waals surface area contributed by atoms with Crippen molar-refractivity contribution >= 4 is 39.7 Å². The molecule has 0 spiro atoms. The highest BCUT2D eigenvalue weighted by atomic mass is 35.5. The Morgan fingerprint density at radius 1 is 1.21 bits per heavy atom. The van der Waals surface area contributed by atoms with Crippen molar-refractivity contribution in [3.63, 3.8) is 0 Å². The van der Waals surface area contributed by atoms with Crippen molar-refractivity contribution in [3.05, 3.63) is 75.8 Å². The third kappa shape index (κ3) is 4.61. The summed E-state index contributed by atoms with van der Waals surface area (Å²) in [6.07, 6.45) is 0.856. The van der Waals surface area contributed by atoms with Crippen LogP contribution < -0.4 is 10.2 Å². The second-order valence-corrected chi connectivity index (χ2v) is 7.83. The molecule has 3 rings (SSSR count). The van der Waals surface area contributed by atoms with E-state index < -0.39 is 0 Å². The first-order valence-electron chi connectivity index (χ1n) is 9.32. The molecule has 0 aliphatic carbocycles. The Bertz CT molecular complexity index is 956. The molecular weight excluding hydrogens is 390 g/mol. The van der Waals surface area contributed by atoms with Crippen LogP contribution in [-0.4, -0.2) is 10.9 Å². The molecule has 0 aliphatic rings. The zero-order valence-corrected chi connectivity index (χ0v) is 17.8. The van der Waals surface area contributed by atoms with E-state index in [9.17, 15) is 4.79 Å². The summed E-state index contributed by atoms with van der Waals surface area (Å²) in [6, 6.07) is 15.9. The predicted octanol–water partition coefficient (Wildman–Crippen LogP) is 5.89. The van der Waals surface area contributed by atoms with E-state index in [2.05, 4.69) is 19.2 Å². The second-order valence-electron chi connectivity index (χ2n) is 6.58. The summed E-state index contributed by atoms with van der Waals surface area (Å²) in [5.74, 6) is -0.0424. The number of para-hydroxylation sites is 1. The van der Waals surface area contributed by atoms with Crippen LogP contribution in [0, 0.1) is 0 Å². The highest BCUT2D eigenvalue weighted by molar-refractivity contribution is 7.14. The number of nitrogens with zero attached hydrogens (tertiary/aromatic N) is 2. The highest BCUT2D eigenvalue weighted by Gasteiger charge is 2.20. The van der Waals surface area contributed by atoms with E-state index in [1.807, 2.05) is 53.9 Å². The van der Waals surface area contributed by atoms with Gasteiger partial charge in [-0.1, -0.05) is 54.9 Å². The summed E-state index contributed by atoms with van der Waals surface area (Å²) in [7, 11) is 0. The average molecular weight is 414 g/mol. The van der Waals surface area contributed by atoms with Crippen molar-refractivity contribution in [2.75, 3.05) is 4.90 Å². The zero-order valence-electron chi connectivity index (χ0n) is 16.3. The molecule has 0 bridgehead atoms. The minimum atomic E-state index is -0.0424. The maximum atomic E-state index is 12.4. The van der Waals surface area contributed by atoms with Gasteiger partial charge >= 0.3 is 0 Å². The number of carbonyl (C=O) groups is 1. The molecule has 1 heterocycles. The number of aryl methyl sites for hydroxylation is 1. The molecule has 1 aromatic heterocycles. The molecule has 1 N–H and O–H groups in total. The highest BCUT2D eigenvalue weighted by Crippen LogP contribution is 2.32. The Morgan fingerprint density at radius 2 is 1.93 bits per heavy atom. The summed E-state index contributed by atoms with van der Waals surface area (Å²) < 4.78 is 0. The Hall–Kier alpha value is -2.21. The molecule has 1 unspecified atom stereocenters. The molecule has 0 saturated carbocycles. The van der Waals surface area contributed by atoms with Crippen LogP contribution in [0.1, 0.15) is 43.6 Å². The number of hydrogen-bond donors (Lipinski definition) is 1. The van der Waals surface area contributed by atoms with E-state index in [0.717, 1.165) is 34.0 Å². The van der Waals surface area contributed by atoms with Crippen molar-refractivity contribution in [1.82, 2.24) is 10.3 Å². The number of benzene rings is 2. The van der Waals surface area contributed by atoms with Gasteiger partial charge in [0.05, 0.1) is 11.4 Å². The summed E-state index contributed by atoms with van der Waals surface area (Å²) in [4.78, 5) is 18.8. The van der Waals surface area contributed by atoms with E-state index in [1.54, 1.807) is 11.8 Å². The third-order valence-electron chi connectivity index (χ3n) is 4.62. The molecule has 1 amide bonds. The molecule has 146 valence electrons. The van der Waals surface area contributed by atoms with Gasteiger partial charge in [-0.15, -0.1) is 11.3 Å². The number of thiazole rings is 1. The van der Waals surface area contributed by atoms with Crippen molar-refractivity contribution in [2.24, 2.45) is 0 Å². The maximum Gasteiger partial charge on any atom is 0.230 e. The van der Waals surface area contributed by atoms with Crippen molar-refractivity contribution in [3.8, 4) is 0 Å². The molecule has 0 fully saturated rings. The monoisotopic (exact) mass is 413 g/mol. The smallest absolute Gasteiger partial charge is 0.230 e. The van der Waals surface area contributed by atoms with E-state index in [4.69, 9.17) is 16.6 Å². The molecular formula is C22H24ClN3OS. The third-order valence-corrected chi connectivity index (χ3v) is 5.84. The van der Waals surface area contributed by atoms with Crippen molar-refractivity contribution < 1.29 is 4.79 Å². The lowest BCUT2D eigenvalue weighted by atomic mass is 10.1. The molecule has 1 atom stereocenters. The number of hydrogen-bond acceptors (Lipinski definition) is 4. The molecule has 0 radical (unpaired) electrons. The van der Waals surface area contributed by atoms with Crippen LogP contribution in [0.3, 0.4) is 0 Å². The van der Waals surface area contributed by atoms with Crippen molar-refractivity contribution in [1.29, 1.82) is 0 Å². The predicted molar refractivity (Wildman–Crippen MR) is 117 cm³/mol. The average Bonchev–Trinajstić information content (AvgIpc) is 3.15. The number of carbonyl (C=O) groups excluding carboxylic acids is 1. The van der Waals surface area contributed by atoms with Crippen LogP contribution in [0.5, 0.6) is 0 Å². The van der Waals surface area contributed by atoms with Crippen LogP contribution in [0.15, 0.2) is 53.9 Å². The fourth-order valence-corrected chi connectivity index (χ4v) is 4.29. The first-order valence-corrected chi connectivity index (χ1v) is 10.6. The number of anilines is 2. The molecule has 0 saturated heterocycles. The summed E-state index contributed by atoms with van der Waals surface area (Å²) in [6.45, 7) is 6.34. The van der Waals surface area contributed by atoms with E-state index in [0.29, 0.717) is 11.7 Å². The molecule has 3 aromatic rings. The normalized spacial score (nSPS) is 12.0. The van der Waals surface area contributed by atoms with E-state index in [1.165, 1.54) is 11.3 Å². The second kappa shape index (κ2) is 9.32. The topological polar surface area (TPSA) is 45.2 Å². The lowest BCUT2D eigenvalue weighted by molar-refractivity contribution is -0.115. The summed E-state index contributed by atoms with van der Waals surface area (Å²) in [5.41, 5.74) is 3.98. The van der Waals surface area contributed by atoms with Gasteiger partial charge in [-0.05, 0) is 36.6 Å². The lowest BCUT2D eigenvalue weighted by Crippen LogP contribution is -2.24. The van der Waals surface area contributed by atoms with Gasteiger partial charge in [0, 0.05) is 29.9 Å². The Kier molecular flexibility index (Phi) is 6.83. The number of amides is 1. The zero-order chi connectivity index (χ0) is 20.1. The lowest BCUT2D eigenvalue weighted by Gasteiger charge is -2.21. The van der Waals surface area contributed by atoms with Gasteiger partial charge in [0.25, 0.3) is 0 Å². The van der Waals surface area contributed by atoms with Crippen LogP contribution in [0.4, 0.5) is 10.8 Å². The first kappa shape index (κ1) is 20.5. The van der Waals surface area contributed by atoms with Gasteiger partial charge in [0.15, 0.2) is 5.13 Å². The van der Waals surface area contributed by atoms with Crippen LogP contribution in [0.2, 0.25) is 5.02 Å². The largest absolute Gasteiger partial charge is 0.304 e. The van der Waals surface area contributed by atoms with Gasteiger partial charge in [-0.2, -0.15) is 0 Å². The SMILES string of the molecule is CCc1ccccc1N(C(C)=O)c1nc(CNC(C)c2ccccc2Cl)cs1. The molecule has 2 aromatic carbocycles. The summed E-state index contributed by atoms with van der Waals surface area (Å²) >= 11 is 7.76.